The first-order valence-electron chi connectivity index (χ1n) is 12.8. The van der Waals surface area contributed by atoms with E-state index in [1.807, 2.05) is 52.8 Å². The van der Waals surface area contributed by atoms with Gasteiger partial charge in [-0.1, -0.05) is 29.9 Å². The molecule has 0 unspecified atom stereocenters. The highest BCUT2D eigenvalue weighted by Gasteiger charge is 2.11. The first kappa shape index (κ1) is 32.2. The Hall–Kier alpha value is -3.80. The number of phenolic OH excluding ortho intramolecular Hbond substituents is 1. The Morgan fingerprint density at radius 2 is 1.26 bits per heavy atom. The van der Waals surface area contributed by atoms with Gasteiger partial charge in [0.1, 0.15) is 18.1 Å². The number of hydrogen-bond acceptors (Lipinski definition) is 6. The zero-order valence-corrected chi connectivity index (χ0v) is 23.8. The van der Waals surface area contributed by atoms with E-state index < -0.39 is 0 Å². The fourth-order valence-corrected chi connectivity index (χ4v) is 3.14. The van der Waals surface area contributed by atoms with Crippen molar-refractivity contribution in [2.75, 3.05) is 19.8 Å². The van der Waals surface area contributed by atoms with E-state index >= 15 is 0 Å². The van der Waals surface area contributed by atoms with Crippen molar-refractivity contribution >= 4 is 11.9 Å². The molecule has 0 aliphatic heterocycles. The van der Waals surface area contributed by atoms with Crippen LogP contribution in [0.5, 0.6) is 11.5 Å². The smallest absolute Gasteiger partial charge is 0.338 e. The van der Waals surface area contributed by atoms with Crippen LogP contribution in [-0.2, 0) is 22.3 Å². The second-order valence-electron chi connectivity index (χ2n) is 9.32. The van der Waals surface area contributed by atoms with Crippen LogP contribution in [0, 0.1) is 0 Å². The predicted octanol–water partition coefficient (Wildman–Crippen LogP) is 7.40. The van der Waals surface area contributed by atoms with Gasteiger partial charge in [-0.05, 0) is 114 Å². The number of carbonyl (C=O) groups is 2. The number of esters is 2. The summed E-state index contributed by atoms with van der Waals surface area (Å²) in [5.41, 5.74) is 6.09. The summed E-state index contributed by atoms with van der Waals surface area (Å²) in [5.74, 6) is 0.326. The standard InChI is InChI=1S/C18H24O3.C14H18O3/c1-6-20-18(19)16-9-10-17(21-12-14(4)5)15(11-16)8-7-13(2)3;1-4-17-14(16)12-7-8-13(15)11(9-12)6-5-10(2)3/h7,9-11H,4,6,8,12H2,1-3,5H3;5,7-9,15H,4,6H2,1-3H3. The van der Waals surface area contributed by atoms with Crippen LogP contribution in [0.3, 0.4) is 0 Å². The van der Waals surface area contributed by atoms with E-state index in [0.717, 1.165) is 28.9 Å². The zero-order chi connectivity index (χ0) is 28.7. The van der Waals surface area contributed by atoms with Gasteiger partial charge in [0.15, 0.2) is 0 Å². The zero-order valence-electron chi connectivity index (χ0n) is 23.8. The van der Waals surface area contributed by atoms with Gasteiger partial charge in [-0.3, -0.25) is 0 Å². The minimum atomic E-state index is -0.356. The number of hydrogen-bond donors (Lipinski definition) is 1. The second kappa shape index (κ2) is 16.8. The summed E-state index contributed by atoms with van der Waals surface area (Å²) in [6, 6.07) is 10.2. The van der Waals surface area contributed by atoms with Crippen molar-refractivity contribution in [2.45, 2.75) is 61.3 Å². The third-order valence-corrected chi connectivity index (χ3v) is 5.10. The maximum atomic E-state index is 11.8. The topological polar surface area (TPSA) is 82.1 Å². The highest BCUT2D eigenvalue weighted by molar-refractivity contribution is 5.90. The first-order chi connectivity index (χ1) is 18.0. The van der Waals surface area contributed by atoms with E-state index in [9.17, 15) is 14.7 Å². The van der Waals surface area contributed by atoms with Crippen LogP contribution in [0.2, 0.25) is 0 Å². The summed E-state index contributed by atoms with van der Waals surface area (Å²) >= 11 is 0. The maximum Gasteiger partial charge on any atom is 0.338 e. The minimum absolute atomic E-state index is 0.204. The number of benzene rings is 2. The van der Waals surface area contributed by atoms with Gasteiger partial charge in [-0.2, -0.15) is 0 Å². The number of aromatic hydroxyl groups is 1. The van der Waals surface area contributed by atoms with Crippen LogP contribution in [0.1, 0.15) is 80.3 Å². The van der Waals surface area contributed by atoms with Crippen LogP contribution in [-0.4, -0.2) is 36.9 Å². The van der Waals surface area contributed by atoms with Crippen molar-refractivity contribution in [3.63, 3.8) is 0 Å². The average molecular weight is 523 g/mol. The molecule has 0 heterocycles. The van der Waals surface area contributed by atoms with Crippen LogP contribution in [0.4, 0.5) is 0 Å². The third-order valence-electron chi connectivity index (χ3n) is 5.10. The van der Waals surface area contributed by atoms with E-state index in [2.05, 4.69) is 12.7 Å². The van der Waals surface area contributed by atoms with Gasteiger partial charge in [0.25, 0.3) is 0 Å². The van der Waals surface area contributed by atoms with Crippen molar-refractivity contribution in [1.82, 2.24) is 0 Å². The molecule has 0 spiro atoms. The normalized spacial score (nSPS) is 9.87. The van der Waals surface area contributed by atoms with Crippen molar-refractivity contribution < 1.29 is 28.9 Å². The molecule has 6 nitrogen and oxygen atoms in total. The lowest BCUT2D eigenvalue weighted by Crippen LogP contribution is -2.07. The Balaban J connectivity index is 0.000000389. The molecule has 2 aromatic carbocycles. The Labute approximate surface area is 227 Å². The Morgan fingerprint density at radius 3 is 1.74 bits per heavy atom. The van der Waals surface area contributed by atoms with E-state index in [1.165, 1.54) is 17.2 Å². The molecule has 2 aromatic rings. The quantitative estimate of drug-likeness (QED) is 0.244. The van der Waals surface area contributed by atoms with Crippen molar-refractivity contribution in [3.05, 3.63) is 94.1 Å². The van der Waals surface area contributed by atoms with Gasteiger partial charge in [-0.15, -0.1) is 0 Å². The molecule has 0 aliphatic rings. The summed E-state index contributed by atoms with van der Waals surface area (Å²) < 4.78 is 15.7. The second-order valence-corrected chi connectivity index (χ2v) is 9.32. The molecule has 0 atom stereocenters. The SMILES string of the molecule is C=C(C)COc1ccc(C(=O)OCC)cc1CC=C(C)C.CCOC(=O)c1ccc(O)c(CC=C(C)C)c1. The Bertz CT molecular complexity index is 1150. The molecule has 206 valence electrons. The Morgan fingerprint density at radius 1 is 0.789 bits per heavy atom. The number of rotatable bonds is 11. The Kier molecular flexibility index (Phi) is 14.3. The van der Waals surface area contributed by atoms with E-state index in [1.54, 1.807) is 32.0 Å². The van der Waals surface area contributed by atoms with Gasteiger partial charge in [0.2, 0.25) is 0 Å². The van der Waals surface area contributed by atoms with E-state index in [-0.39, 0.29) is 17.7 Å². The summed E-state index contributed by atoms with van der Waals surface area (Å²) in [4.78, 5) is 23.3. The van der Waals surface area contributed by atoms with Gasteiger partial charge in [0, 0.05) is 0 Å². The highest BCUT2D eigenvalue weighted by Crippen LogP contribution is 2.23. The molecule has 6 heteroatoms. The van der Waals surface area contributed by atoms with Gasteiger partial charge >= 0.3 is 11.9 Å². The van der Waals surface area contributed by atoms with Crippen molar-refractivity contribution in [3.8, 4) is 11.5 Å². The molecule has 0 fully saturated rings. The summed E-state index contributed by atoms with van der Waals surface area (Å²) in [6.07, 6.45) is 5.45. The van der Waals surface area contributed by atoms with Crippen LogP contribution in [0.25, 0.3) is 0 Å². The monoisotopic (exact) mass is 522 g/mol. The summed E-state index contributed by atoms with van der Waals surface area (Å²) in [6.45, 7) is 18.6. The number of ether oxygens (including phenoxy) is 3. The lowest BCUT2D eigenvalue weighted by Gasteiger charge is -2.12. The highest BCUT2D eigenvalue weighted by atomic mass is 16.5. The minimum Gasteiger partial charge on any atom is -0.508 e. The van der Waals surface area contributed by atoms with Gasteiger partial charge < -0.3 is 19.3 Å². The molecule has 0 aromatic heterocycles. The largest absolute Gasteiger partial charge is 0.508 e. The van der Waals surface area contributed by atoms with E-state index in [0.29, 0.717) is 37.4 Å². The first-order valence-corrected chi connectivity index (χ1v) is 12.8. The number of carbonyl (C=O) groups excluding carboxylic acids is 2. The molecule has 1 N–H and O–H groups in total. The predicted molar refractivity (Wildman–Crippen MR) is 153 cm³/mol. The lowest BCUT2D eigenvalue weighted by atomic mass is 10.1. The van der Waals surface area contributed by atoms with Crippen LogP contribution < -0.4 is 4.74 Å². The molecule has 0 radical (unpaired) electrons. The molecule has 2 rings (SSSR count). The van der Waals surface area contributed by atoms with Gasteiger partial charge in [-0.25, -0.2) is 9.59 Å². The number of allylic oxidation sites excluding steroid dienone is 4. The molecule has 0 bridgehead atoms. The summed E-state index contributed by atoms with van der Waals surface area (Å²) in [5, 5.41) is 9.68. The molecule has 0 amide bonds. The maximum absolute atomic E-state index is 11.8. The fraction of sp³-hybridized carbons (Fsp3) is 0.375. The lowest BCUT2D eigenvalue weighted by molar-refractivity contribution is 0.0516. The van der Waals surface area contributed by atoms with Crippen LogP contribution in [0.15, 0.2) is 71.8 Å². The van der Waals surface area contributed by atoms with E-state index in [4.69, 9.17) is 14.2 Å². The average Bonchev–Trinajstić information content (AvgIpc) is 2.86. The van der Waals surface area contributed by atoms with Gasteiger partial charge in [0.05, 0.1) is 24.3 Å². The van der Waals surface area contributed by atoms with Crippen LogP contribution >= 0.6 is 0 Å². The van der Waals surface area contributed by atoms with Crippen molar-refractivity contribution in [2.24, 2.45) is 0 Å². The molecule has 38 heavy (non-hydrogen) atoms. The number of phenols is 1. The molecule has 0 aliphatic carbocycles. The molecule has 0 saturated carbocycles. The third kappa shape index (κ3) is 12.0. The molecule has 0 saturated heterocycles. The molecular weight excluding hydrogens is 480 g/mol. The fourth-order valence-electron chi connectivity index (χ4n) is 3.14. The summed E-state index contributed by atoms with van der Waals surface area (Å²) in [7, 11) is 0. The molecular formula is C32H42O6. The van der Waals surface area contributed by atoms with Crippen molar-refractivity contribution in [1.29, 1.82) is 0 Å².